The van der Waals surface area contributed by atoms with Gasteiger partial charge in [-0.3, -0.25) is 0 Å². The van der Waals surface area contributed by atoms with Crippen LogP contribution >= 0.6 is 11.6 Å². The predicted molar refractivity (Wildman–Crippen MR) is 60.4 cm³/mol. The van der Waals surface area contributed by atoms with Crippen LogP contribution in [0.1, 0.15) is 6.92 Å². The van der Waals surface area contributed by atoms with Crippen LogP contribution in [0.25, 0.3) is 10.9 Å². The van der Waals surface area contributed by atoms with E-state index in [-0.39, 0.29) is 0 Å². The fraction of sp³-hybridized carbons (Fsp3) is 0.200. The summed E-state index contributed by atoms with van der Waals surface area (Å²) in [5, 5.41) is 2.99. The summed E-state index contributed by atoms with van der Waals surface area (Å²) >= 11 is 6.36. The minimum absolute atomic E-state index is 0.422. The van der Waals surface area contributed by atoms with Crippen LogP contribution < -0.4 is 4.59 Å². The molecule has 1 aromatic heterocycles. The fourth-order valence-electron chi connectivity index (χ4n) is 1.26. The first-order valence-corrected chi connectivity index (χ1v) is 6.79. The summed E-state index contributed by atoms with van der Waals surface area (Å²) in [6.07, 6.45) is 1.63. The van der Waals surface area contributed by atoms with Crippen molar-refractivity contribution in [2.24, 2.45) is 0 Å². The molecular weight excluding hydrogens is 263 g/mol. The van der Waals surface area contributed by atoms with Gasteiger partial charge in [0.1, 0.15) is 0 Å². The Morgan fingerprint density at radius 3 is 3.00 bits per heavy atom. The molecule has 1 heterocycles. The second kappa shape index (κ2) is 4.26. The Kier molecular flexibility index (Phi) is 3.02. The number of rotatable bonds is 2. The van der Waals surface area contributed by atoms with Crippen molar-refractivity contribution in [3.8, 4) is 0 Å². The van der Waals surface area contributed by atoms with E-state index >= 15 is 0 Å². The van der Waals surface area contributed by atoms with Crippen LogP contribution in [0.5, 0.6) is 0 Å². The summed E-state index contributed by atoms with van der Waals surface area (Å²) in [5.41, 5.74) is 0.981. The molecule has 0 aliphatic rings. The van der Waals surface area contributed by atoms with Crippen LogP contribution in [-0.2, 0) is 0 Å². The van der Waals surface area contributed by atoms with E-state index in [0.29, 0.717) is 15.0 Å². The van der Waals surface area contributed by atoms with Crippen molar-refractivity contribution < 1.29 is 0 Å². The molecule has 2 nitrogen and oxygen atoms in total. The van der Waals surface area contributed by atoms with E-state index in [0.717, 1.165) is 25.8 Å². The molecule has 2 aromatic rings. The molecule has 0 aliphatic heterocycles. The van der Waals surface area contributed by atoms with E-state index in [2.05, 4.69) is 16.9 Å². The van der Waals surface area contributed by atoms with Crippen molar-refractivity contribution in [3.05, 3.63) is 29.5 Å². The Morgan fingerprint density at radius 1 is 1.36 bits per heavy atom. The molecule has 72 valence electrons. The molecule has 14 heavy (non-hydrogen) atoms. The monoisotopic (exact) mass is 272 g/mol. The summed E-state index contributed by atoms with van der Waals surface area (Å²) in [5.74, 6) is 0. The third-order valence-corrected chi connectivity index (χ3v) is 3.94. The van der Waals surface area contributed by atoms with Crippen molar-refractivity contribution in [3.63, 3.8) is 0 Å². The zero-order valence-corrected chi connectivity index (χ0v) is 10.2. The molecule has 0 amide bonds. The maximum atomic E-state index is 5.94. The summed E-state index contributed by atoms with van der Waals surface area (Å²) < 4.78 is 1.15. The molecule has 1 aromatic carbocycles. The van der Waals surface area contributed by atoms with E-state index in [4.69, 9.17) is 11.6 Å². The zero-order valence-electron chi connectivity index (χ0n) is 7.70. The van der Waals surface area contributed by atoms with E-state index < -0.39 is 0 Å². The second-order valence-corrected chi connectivity index (χ2v) is 5.84. The van der Waals surface area contributed by atoms with E-state index in [9.17, 15) is 0 Å². The number of nitrogens with zero attached hydrogens (tertiary/aromatic N) is 2. The van der Waals surface area contributed by atoms with Crippen molar-refractivity contribution >= 4 is 42.1 Å². The van der Waals surface area contributed by atoms with Gasteiger partial charge in [-0.1, -0.05) is 0 Å². The average molecular weight is 272 g/mol. The van der Waals surface area contributed by atoms with Gasteiger partial charge < -0.3 is 0 Å². The van der Waals surface area contributed by atoms with E-state index in [1.54, 1.807) is 6.33 Å². The Hall–Kier alpha value is -0.631. The third-order valence-electron chi connectivity index (χ3n) is 1.84. The van der Waals surface area contributed by atoms with Gasteiger partial charge in [-0.15, -0.1) is 0 Å². The van der Waals surface area contributed by atoms with Gasteiger partial charge in [0.2, 0.25) is 0 Å². The van der Waals surface area contributed by atoms with Crippen molar-refractivity contribution in [2.45, 2.75) is 12.2 Å². The number of halogens is 1. The first-order valence-electron chi connectivity index (χ1n) is 4.34. The van der Waals surface area contributed by atoms with Gasteiger partial charge in [0.15, 0.2) is 0 Å². The third kappa shape index (κ3) is 1.90. The Labute approximate surface area is 93.9 Å². The first-order chi connectivity index (χ1) is 6.81. The van der Waals surface area contributed by atoms with Gasteiger partial charge in [-0.2, -0.15) is 0 Å². The van der Waals surface area contributed by atoms with Crippen LogP contribution in [0.3, 0.4) is 0 Å². The molecule has 0 unspecified atom stereocenters. The van der Waals surface area contributed by atoms with Gasteiger partial charge in [0, 0.05) is 0 Å². The topological polar surface area (TPSA) is 25.8 Å². The predicted octanol–water partition coefficient (Wildman–Crippen LogP) is 2.05. The number of hydrogen-bond donors (Lipinski definition) is 0. The Morgan fingerprint density at radius 2 is 2.21 bits per heavy atom. The van der Waals surface area contributed by atoms with Crippen molar-refractivity contribution in [1.29, 1.82) is 0 Å². The van der Waals surface area contributed by atoms with Crippen LogP contribution in [0.15, 0.2) is 24.5 Å². The Balaban J connectivity index is 2.64. The van der Waals surface area contributed by atoms with Crippen LogP contribution in [-0.4, -0.2) is 24.9 Å². The SMILES string of the molecule is CC[Se]c1ncnc2ccc(Cl)cc12. The standard InChI is InChI=1S/C10H9ClN2Se/c1-2-14-10-8-5-7(11)3-4-9(8)12-6-13-10/h3-6H,2H2,1H3. The van der Waals surface area contributed by atoms with Crippen LogP contribution in [0, 0.1) is 0 Å². The van der Waals surface area contributed by atoms with Crippen LogP contribution in [0.2, 0.25) is 10.3 Å². The summed E-state index contributed by atoms with van der Waals surface area (Å²) in [7, 11) is 0. The first kappa shape index (κ1) is 9.91. The molecule has 0 saturated heterocycles. The van der Waals surface area contributed by atoms with Gasteiger partial charge >= 0.3 is 93.8 Å². The quantitative estimate of drug-likeness (QED) is 0.782. The molecule has 4 heteroatoms. The number of hydrogen-bond acceptors (Lipinski definition) is 2. The van der Waals surface area contributed by atoms with Gasteiger partial charge in [0.25, 0.3) is 0 Å². The van der Waals surface area contributed by atoms with E-state index in [1.165, 1.54) is 0 Å². The normalized spacial score (nSPS) is 10.7. The average Bonchev–Trinajstić information content (AvgIpc) is 2.19. The molecule has 0 atom stereocenters. The summed E-state index contributed by atoms with van der Waals surface area (Å²) in [4.78, 5) is 8.50. The van der Waals surface area contributed by atoms with Crippen molar-refractivity contribution in [1.82, 2.24) is 9.97 Å². The molecule has 0 fully saturated rings. The van der Waals surface area contributed by atoms with E-state index in [1.807, 2.05) is 18.2 Å². The van der Waals surface area contributed by atoms with Gasteiger partial charge in [-0.25, -0.2) is 0 Å². The maximum absolute atomic E-state index is 5.94. The molecule has 0 spiro atoms. The second-order valence-electron chi connectivity index (χ2n) is 2.77. The van der Waals surface area contributed by atoms with Gasteiger partial charge in [0.05, 0.1) is 0 Å². The molecule has 0 bridgehead atoms. The van der Waals surface area contributed by atoms with Crippen molar-refractivity contribution in [2.75, 3.05) is 0 Å². The Bertz CT molecular complexity index is 459. The zero-order chi connectivity index (χ0) is 9.97. The summed E-state index contributed by atoms with van der Waals surface area (Å²) in [6, 6.07) is 5.75. The summed E-state index contributed by atoms with van der Waals surface area (Å²) in [6.45, 7) is 2.17. The molecule has 2 rings (SSSR count). The minimum atomic E-state index is 0.422. The molecular formula is C10H9ClN2Se. The van der Waals surface area contributed by atoms with Gasteiger partial charge in [-0.05, 0) is 0 Å². The number of fused-ring (bicyclic) bond motifs is 1. The number of benzene rings is 1. The fourth-order valence-corrected chi connectivity index (χ4v) is 2.93. The number of aromatic nitrogens is 2. The van der Waals surface area contributed by atoms with Crippen LogP contribution in [0.4, 0.5) is 0 Å². The molecule has 0 saturated carbocycles. The molecule has 0 radical (unpaired) electrons. The molecule has 0 N–H and O–H groups in total. The molecule has 0 aliphatic carbocycles.